The van der Waals surface area contributed by atoms with E-state index in [9.17, 15) is 9.59 Å². The number of furan rings is 1. The molecule has 0 unspecified atom stereocenters. The van der Waals surface area contributed by atoms with Gasteiger partial charge in [-0.2, -0.15) is 0 Å². The van der Waals surface area contributed by atoms with E-state index in [2.05, 4.69) is 0 Å². The zero-order valence-corrected chi connectivity index (χ0v) is 14.0. The number of aromatic carboxylic acids is 2. The molecule has 27 heavy (non-hydrogen) atoms. The molecule has 0 amide bonds. The molecule has 4 aromatic rings. The van der Waals surface area contributed by atoms with E-state index in [1.165, 1.54) is 24.3 Å². The molecule has 5 heteroatoms. The molecule has 0 bridgehead atoms. The Morgan fingerprint density at radius 1 is 0.593 bits per heavy atom. The van der Waals surface area contributed by atoms with Gasteiger partial charge < -0.3 is 14.6 Å². The normalized spacial score (nSPS) is 10.8. The van der Waals surface area contributed by atoms with Crippen LogP contribution in [-0.4, -0.2) is 22.2 Å². The second-order valence-corrected chi connectivity index (χ2v) is 6.07. The molecule has 0 fully saturated rings. The summed E-state index contributed by atoms with van der Waals surface area (Å²) in [7, 11) is 0. The van der Waals surface area contributed by atoms with Gasteiger partial charge in [-0.1, -0.05) is 48.5 Å². The van der Waals surface area contributed by atoms with Gasteiger partial charge >= 0.3 is 11.9 Å². The fourth-order valence-electron chi connectivity index (χ4n) is 3.05. The fourth-order valence-corrected chi connectivity index (χ4v) is 3.05. The maximum Gasteiger partial charge on any atom is 0.335 e. The Hall–Kier alpha value is -3.86. The van der Waals surface area contributed by atoms with Crippen molar-refractivity contribution in [3.63, 3.8) is 0 Å². The van der Waals surface area contributed by atoms with Gasteiger partial charge in [0.15, 0.2) is 0 Å². The zero-order chi connectivity index (χ0) is 19.0. The summed E-state index contributed by atoms with van der Waals surface area (Å²) in [5.41, 5.74) is 1.95. The van der Waals surface area contributed by atoms with Crippen LogP contribution in [0.15, 0.2) is 77.2 Å². The molecule has 1 aromatic heterocycles. The van der Waals surface area contributed by atoms with Crippen molar-refractivity contribution < 1.29 is 24.2 Å². The third-order valence-electron chi connectivity index (χ3n) is 4.41. The van der Waals surface area contributed by atoms with Crippen molar-refractivity contribution in [3.8, 4) is 22.6 Å². The number of benzene rings is 3. The largest absolute Gasteiger partial charge is 0.478 e. The van der Waals surface area contributed by atoms with Crippen LogP contribution in [0.5, 0.6) is 0 Å². The Morgan fingerprint density at radius 3 is 1.30 bits per heavy atom. The molecule has 0 spiro atoms. The van der Waals surface area contributed by atoms with Gasteiger partial charge in [-0.25, -0.2) is 9.59 Å². The summed E-state index contributed by atoms with van der Waals surface area (Å²) < 4.78 is 6.14. The minimum Gasteiger partial charge on any atom is -0.478 e. The van der Waals surface area contributed by atoms with E-state index >= 15 is 0 Å². The van der Waals surface area contributed by atoms with Gasteiger partial charge in [0.1, 0.15) is 11.5 Å². The van der Waals surface area contributed by atoms with E-state index in [0.29, 0.717) is 11.5 Å². The highest BCUT2D eigenvalue weighted by Gasteiger charge is 2.16. The van der Waals surface area contributed by atoms with Crippen molar-refractivity contribution in [1.82, 2.24) is 0 Å². The molecule has 0 aliphatic heterocycles. The average molecular weight is 358 g/mol. The summed E-state index contributed by atoms with van der Waals surface area (Å²) >= 11 is 0. The highest BCUT2D eigenvalue weighted by Crippen LogP contribution is 2.39. The van der Waals surface area contributed by atoms with Gasteiger partial charge in [0, 0.05) is 21.9 Å². The van der Waals surface area contributed by atoms with Crippen LogP contribution in [-0.2, 0) is 0 Å². The maximum absolute atomic E-state index is 11.1. The van der Waals surface area contributed by atoms with Crippen molar-refractivity contribution in [2.75, 3.05) is 0 Å². The summed E-state index contributed by atoms with van der Waals surface area (Å²) in [4.78, 5) is 22.1. The quantitative estimate of drug-likeness (QED) is 0.526. The predicted molar refractivity (Wildman–Crippen MR) is 101 cm³/mol. The van der Waals surface area contributed by atoms with Crippen LogP contribution < -0.4 is 0 Å². The third-order valence-corrected chi connectivity index (χ3v) is 4.41. The molecule has 0 saturated heterocycles. The summed E-state index contributed by atoms with van der Waals surface area (Å²) in [6.45, 7) is 0. The highest BCUT2D eigenvalue weighted by atomic mass is 16.4. The summed E-state index contributed by atoms with van der Waals surface area (Å²) in [6, 6.07) is 20.7. The van der Waals surface area contributed by atoms with E-state index in [4.69, 9.17) is 14.6 Å². The fraction of sp³-hybridized carbons (Fsp3) is 0. The lowest BCUT2D eigenvalue weighted by atomic mass is 10.0. The molecule has 3 aromatic carbocycles. The van der Waals surface area contributed by atoms with Crippen molar-refractivity contribution in [1.29, 1.82) is 0 Å². The number of carboxylic acid groups (broad SMARTS) is 2. The predicted octanol–water partition coefficient (Wildman–Crippen LogP) is 5.16. The van der Waals surface area contributed by atoms with Gasteiger partial charge in [0.25, 0.3) is 0 Å². The Kier molecular flexibility index (Phi) is 3.97. The Balaban J connectivity index is 1.86. The van der Waals surface area contributed by atoms with Crippen molar-refractivity contribution in [3.05, 3.63) is 83.9 Å². The van der Waals surface area contributed by atoms with E-state index in [1.807, 2.05) is 24.3 Å². The summed E-state index contributed by atoms with van der Waals surface area (Å²) in [5, 5.41) is 19.9. The number of carbonyl (C=O) groups is 2. The van der Waals surface area contributed by atoms with Gasteiger partial charge in [0.05, 0.1) is 11.1 Å². The highest BCUT2D eigenvalue weighted by molar-refractivity contribution is 6.03. The molecule has 0 aliphatic rings. The van der Waals surface area contributed by atoms with Crippen LogP contribution in [0.25, 0.3) is 33.4 Å². The number of hydrogen-bond donors (Lipinski definition) is 2. The standard InChI is InChI=1S/C22H14O5/c23-21(24)15-9-5-13(6-10-15)19-17-3-1-2-4-18(17)20(27-19)14-7-11-16(12-8-14)22(25)26/h1-12H,(H,23,24)(H,25,26). The number of rotatable bonds is 4. The smallest absolute Gasteiger partial charge is 0.335 e. The number of fused-ring (bicyclic) bond motifs is 1. The molecule has 0 atom stereocenters. The second-order valence-electron chi connectivity index (χ2n) is 6.07. The van der Waals surface area contributed by atoms with Crippen LogP contribution in [0.2, 0.25) is 0 Å². The number of hydrogen-bond acceptors (Lipinski definition) is 3. The summed E-state index contributed by atoms with van der Waals surface area (Å²) in [5.74, 6) is -0.685. The van der Waals surface area contributed by atoms with Crippen molar-refractivity contribution >= 4 is 22.7 Å². The van der Waals surface area contributed by atoms with E-state index in [1.54, 1.807) is 24.3 Å². The van der Waals surface area contributed by atoms with Crippen LogP contribution in [0, 0.1) is 0 Å². The lowest BCUT2D eigenvalue weighted by Gasteiger charge is -2.01. The van der Waals surface area contributed by atoms with Crippen molar-refractivity contribution in [2.24, 2.45) is 0 Å². The molecule has 132 valence electrons. The minimum atomic E-state index is -0.981. The average Bonchev–Trinajstić information content (AvgIpc) is 3.08. The zero-order valence-electron chi connectivity index (χ0n) is 14.0. The van der Waals surface area contributed by atoms with Gasteiger partial charge in [-0.3, -0.25) is 0 Å². The molecule has 2 N–H and O–H groups in total. The van der Waals surface area contributed by atoms with Crippen LogP contribution in [0.4, 0.5) is 0 Å². The Morgan fingerprint density at radius 2 is 0.963 bits per heavy atom. The minimum absolute atomic E-state index is 0.207. The lowest BCUT2D eigenvalue weighted by molar-refractivity contribution is 0.0686. The molecule has 0 saturated carbocycles. The lowest BCUT2D eigenvalue weighted by Crippen LogP contribution is -1.94. The molecule has 4 rings (SSSR count). The SMILES string of the molecule is O=C(O)c1ccc(-c2oc(-c3ccc(C(=O)O)cc3)c3ccccc23)cc1. The van der Waals surface area contributed by atoms with E-state index in [0.717, 1.165) is 21.9 Å². The van der Waals surface area contributed by atoms with E-state index in [-0.39, 0.29) is 11.1 Å². The molecular weight excluding hydrogens is 344 g/mol. The summed E-state index contributed by atoms with van der Waals surface area (Å²) in [6.07, 6.45) is 0. The Labute approximate surface area is 154 Å². The van der Waals surface area contributed by atoms with Crippen LogP contribution in [0.1, 0.15) is 20.7 Å². The van der Waals surface area contributed by atoms with Gasteiger partial charge in [-0.15, -0.1) is 0 Å². The van der Waals surface area contributed by atoms with Crippen LogP contribution in [0.3, 0.4) is 0 Å². The molecule has 0 radical (unpaired) electrons. The molecule has 0 aliphatic carbocycles. The number of carboxylic acids is 2. The van der Waals surface area contributed by atoms with Crippen molar-refractivity contribution in [2.45, 2.75) is 0 Å². The van der Waals surface area contributed by atoms with E-state index < -0.39 is 11.9 Å². The van der Waals surface area contributed by atoms with Gasteiger partial charge in [0.2, 0.25) is 0 Å². The molecule has 5 nitrogen and oxygen atoms in total. The molecule has 1 heterocycles. The first-order valence-electron chi connectivity index (χ1n) is 8.23. The maximum atomic E-state index is 11.1. The third kappa shape index (κ3) is 2.95. The van der Waals surface area contributed by atoms with Crippen LogP contribution >= 0.6 is 0 Å². The monoisotopic (exact) mass is 358 g/mol. The first kappa shape index (κ1) is 16.6. The Bertz CT molecular complexity index is 1060. The molecular formula is C22H14O5. The first-order chi connectivity index (χ1) is 13.0. The second kappa shape index (κ2) is 6.46. The van der Waals surface area contributed by atoms with Gasteiger partial charge in [-0.05, 0) is 24.3 Å². The topological polar surface area (TPSA) is 87.7 Å². The first-order valence-corrected chi connectivity index (χ1v) is 8.23.